The summed E-state index contributed by atoms with van der Waals surface area (Å²) in [5.41, 5.74) is 0.522. The average Bonchev–Trinajstić information content (AvgIpc) is 2.55. The second kappa shape index (κ2) is 7.42. The van der Waals surface area contributed by atoms with Crippen LogP contribution in [0.1, 0.15) is 44.6 Å². The molecule has 1 aromatic carbocycles. The van der Waals surface area contributed by atoms with Gasteiger partial charge in [-0.05, 0) is 32.4 Å². The number of carbonyl (C=O) groups excluding carboxylic acids is 1. The quantitative estimate of drug-likeness (QED) is 0.909. The van der Waals surface area contributed by atoms with Gasteiger partial charge in [-0.25, -0.2) is 0 Å². The van der Waals surface area contributed by atoms with E-state index in [4.69, 9.17) is 0 Å². The molecule has 0 aromatic heterocycles. The van der Waals surface area contributed by atoms with Crippen LogP contribution in [0.5, 0.6) is 0 Å². The monoisotopic (exact) mass is 299 g/mol. The third-order valence-corrected chi connectivity index (χ3v) is 4.60. The summed E-state index contributed by atoms with van der Waals surface area (Å²) in [7, 11) is 1.94. The molecule has 1 atom stereocenters. The summed E-state index contributed by atoms with van der Waals surface area (Å²) in [5.74, 6) is -0.0538. The van der Waals surface area contributed by atoms with Gasteiger partial charge in [-0.3, -0.25) is 9.69 Å². The zero-order valence-electron chi connectivity index (χ0n) is 13.5. The Balaban J connectivity index is 1.95. The summed E-state index contributed by atoms with van der Waals surface area (Å²) >= 11 is 0. The molecule has 1 aliphatic carbocycles. The van der Waals surface area contributed by atoms with E-state index in [1.165, 1.54) is 5.56 Å². The lowest BCUT2D eigenvalue weighted by Gasteiger charge is -2.34. The molecular weight excluding hydrogens is 274 g/mol. The summed E-state index contributed by atoms with van der Waals surface area (Å²) < 4.78 is 0. The van der Waals surface area contributed by atoms with Gasteiger partial charge in [0, 0.05) is 6.54 Å². The highest BCUT2D eigenvalue weighted by Crippen LogP contribution is 2.27. The first-order valence-corrected chi connectivity index (χ1v) is 8.04. The molecule has 1 fully saturated rings. The van der Waals surface area contributed by atoms with Crippen molar-refractivity contribution in [1.29, 1.82) is 5.26 Å². The minimum absolute atomic E-state index is 0.0538. The lowest BCUT2D eigenvalue weighted by molar-refractivity contribution is -0.127. The van der Waals surface area contributed by atoms with Crippen LogP contribution in [0.3, 0.4) is 0 Å². The number of hydrogen-bond donors (Lipinski definition) is 1. The molecule has 2 rings (SSSR count). The van der Waals surface area contributed by atoms with Gasteiger partial charge in [0.15, 0.2) is 0 Å². The zero-order valence-corrected chi connectivity index (χ0v) is 13.5. The Kier molecular flexibility index (Phi) is 5.57. The van der Waals surface area contributed by atoms with Crippen molar-refractivity contribution in [2.75, 3.05) is 7.05 Å². The van der Waals surface area contributed by atoms with Gasteiger partial charge in [-0.2, -0.15) is 5.26 Å². The SMILES string of the molecule is CC(C(=O)NC1(C#N)CCCCC1)N(C)Cc1ccccc1. The predicted molar refractivity (Wildman–Crippen MR) is 86.9 cm³/mol. The van der Waals surface area contributed by atoms with E-state index in [0.717, 1.165) is 38.6 Å². The molecule has 0 aliphatic heterocycles. The highest BCUT2D eigenvalue weighted by molar-refractivity contribution is 5.82. The first kappa shape index (κ1) is 16.5. The van der Waals surface area contributed by atoms with Crippen molar-refractivity contribution in [2.24, 2.45) is 0 Å². The summed E-state index contributed by atoms with van der Waals surface area (Å²) in [6.07, 6.45) is 4.72. The predicted octanol–water partition coefficient (Wildman–Crippen LogP) is 2.85. The minimum Gasteiger partial charge on any atom is -0.336 e. The summed E-state index contributed by atoms with van der Waals surface area (Å²) in [5, 5.41) is 12.5. The fourth-order valence-corrected chi connectivity index (χ4v) is 2.97. The van der Waals surface area contributed by atoms with Crippen LogP contribution in [0.4, 0.5) is 0 Å². The maximum absolute atomic E-state index is 12.5. The number of hydrogen-bond acceptors (Lipinski definition) is 3. The van der Waals surface area contributed by atoms with Crippen LogP contribution >= 0.6 is 0 Å². The second-order valence-electron chi connectivity index (χ2n) is 6.32. The topological polar surface area (TPSA) is 56.1 Å². The third kappa shape index (κ3) is 4.08. The number of nitriles is 1. The van der Waals surface area contributed by atoms with Gasteiger partial charge in [-0.1, -0.05) is 49.6 Å². The van der Waals surface area contributed by atoms with Gasteiger partial charge in [-0.15, -0.1) is 0 Å². The second-order valence-corrected chi connectivity index (χ2v) is 6.32. The summed E-state index contributed by atoms with van der Waals surface area (Å²) in [6.45, 7) is 2.61. The summed E-state index contributed by atoms with van der Waals surface area (Å²) in [4.78, 5) is 14.5. The number of nitrogens with one attached hydrogen (secondary N) is 1. The van der Waals surface area contributed by atoms with Crippen molar-refractivity contribution in [1.82, 2.24) is 10.2 Å². The molecule has 0 bridgehead atoms. The molecule has 4 heteroatoms. The number of likely N-dealkylation sites (N-methyl/N-ethyl adjacent to an activating group) is 1. The number of benzene rings is 1. The minimum atomic E-state index is -0.656. The van der Waals surface area contributed by atoms with Crippen molar-refractivity contribution >= 4 is 5.91 Å². The number of nitrogens with zero attached hydrogens (tertiary/aromatic N) is 2. The molecule has 1 aliphatic rings. The molecule has 4 nitrogen and oxygen atoms in total. The van der Waals surface area contributed by atoms with Gasteiger partial charge < -0.3 is 5.32 Å². The Bertz CT molecular complexity index is 529. The molecule has 1 N–H and O–H groups in total. The highest BCUT2D eigenvalue weighted by atomic mass is 16.2. The molecule has 0 radical (unpaired) electrons. The standard InChI is InChI=1S/C18H25N3O/c1-15(21(2)13-16-9-5-3-6-10-16)17(22)20-18(14-19)11-7-4-8-12-18/h3,5-6,9-10,15H,4,7-8,11-13H2,1-2H3,(H,20,22). The molecule has 1 aromatic rings. The molecule has 1 unspecified atom stereocenters. The maximum Gasteiger partial charge on any atom is 0.238 e. The van der Waals surface area contributed by atoms with Gasteiger partial charge >= 0.3 is 0 Å². The van der Waals surface area contributed by atoms with Crippen LogP contribution < -0.4 is 5.32 Å². The van der Waals surface area contributed by atoms with Crippen LogP contribution in [-0.2, 0) is 11.3 Å². The molecule has 0 spiro atoms. The Morgan fingerprint density at radius 1 is 1.32 bits per heavy atom. The zero-order chi connectivity index (χ0) is 16.0. The van der Waals surface area contributed by atoms with Crippen molar-refractivity contribution in [3.05, 3.63) is 35.9 Å². The fraction of sp³-hybridized carbons (Fsp3) is 0.556. The molecular formula is C18H25N3O. The van der Waals surface area contributed by atoms with E-state index in [1.54, 1.807) is 0 Å². The smallest absolute Gasteiger partial charge is 0.238 e. The van der Waals surface area contributed by atoms with Crippen molar-refractivity contribution in [2.45, 2.75) is 57.2 Å². The number of rotatable bonds is 5. The molecule has 22 heavy (non-hydrogen) atoms. The van der Waals surface area contributed by atoms with Crippen LogP contribution in [-0.4, -0.2) is 29.4 Å². The molecule has 1 saturated carbocycles. The largest absolute Gasteiger partial charge is 0.336 e. The number of carbonyl (C=O) groups is 1. The fourth-order valence-electron chi connectivity index (χ4n) is 2.97. The Morgan fingerprint density at radius 3 is 2.55 bits per heavy atom. The van der Waals surface area contributed by atoms with Crippen molar-refractivity contribution in [3.63, 3.8) is 0 Å². The number of amides is 1. The van der Waals surface area contributed by atoms with Gasteiger partial charge in [0.25, 0.3) is 0 Å². The summed E-state index contributed by atoms with van der Waals surface area (Å²) in [6, 6.07) is 12.2. The van der Waals surface area contributed by atoms with Gasteiger partial charge in [0.1, 0.15) is 5.54 Å². The van der Waals surface area contributed by atoms with Crippen molar-refractivity contribution < 1.29 is 4.79 Å². The van der Waals surface area contributed by atoms with E-state index in [-0.39, 0.29) is 11.9 Å². The highest BCUT2D eigenvalue weighted by Gasteiger charge is 2.35. The van der Waals surface area contributed by atoms with E-state index in [2.05, 4.69) is 23.5 Å². The molecule has 1 amide bonds. The maximum atomic E-state index is 12.5. The van der Waals surface area contributed by atoms with Crippen LogP contribution in [0.2, 0.25) is 0 Å². The Labute approximate surface area is 133 Å². The Hall–Kier alpha value is -1.86. The first-order valence-electron chi connectivity index (χ1n) is 8.04. The Morgan fingerprint density at radius 2 is 1.95 bits per heavy atom. The van der Waals surface area contributed by atoms with Gasteiger partial charge in [0.2, 0.25) is 5.91 Å². The van der Waals surface area contributed by atoms with Crippen LogP contribution in [0.15, 0.2) is 30.3 Å². The van der Waals surface area contributed by atoms with Gasteiger partial charge in [0.05, 0.1) is 12.1 Å². The van der Waals surface area contributed by atoms with Crippen LogP contribution in [0.25, 0.3) is 0 Å². The lowest BCUT2D eigenvalue weighted by Crippen LogP contribution is -2.54. The third-order valence-electron chi connectivity index (χ3n) is 4.60. The lowest BCUT2D eigenvalue weighted by atomic mass is 9.82. The van der Waals surface area contributed by atoms with E-state index in [9.17, 15) is 10.1 Å². The van der Waals surface area contributed by atoms with E-state index in [0.29, 0.717) is 0 Å². The van der Waals surface area contributed by atoms with Crippen molar-refractivity contribution in [3.8, 4) is 6.07 Å². The molecule has 118 valence electrons. The average molecular weight is 299 g/mol. The van der Waals surface area contributed by atoms with E-state index in [1.807, 2.05) is 37.1 Å². The van der Waals surface area contributed by atoms with E-state index < -0.39 is 5.54 Å². The van der Waals surface area contributed by atoms with E-state index >= 15 is 0 Å². The van der Waals surface area contributed by atoms with Crippen LogP contribution in [0, 0.1) is 11.3 Å². The molecule has 0 heterocycles. The first-order chi connectivity index (χ1) is 10.6. The normalized spacial score (nSPS) is 18.5. The molecule has 0 saturated heterocycles.